The zero-order valence-electron chi connectivity index (χ0n) is 18.0. The second kappa shape index (κ2) is 8.45. The Hall–Kier alpha value is -2.51. The van der Waals surface area contributed by atoms with E-state index < -0.39 is 0 Å². The first-order valence-electron chi connectivity index (χ1n) is 10.8. The number of hydrogen-bond donors (Lipinski definition) is 1. The van der Waals surface area contributed by atoms with Crippen LogP contribution in [0, 0.1) is 19.8 Å². The number of aromatic nitrogens is 1. The molecular weight excluding hydrogens is 486 g/mol. The van der Waals surface area contributed by atoms with Crippen LogP contribution in [0.25, 0.3) is 10.4 Å². The maximum atomic E-state index is 13.7. The standard InChI is InChI=1S/C25H24BrN3O2S/c1-14-5-3-6-16(9-14)23-22(28-15(2)32-23)25(31)29-20(11-18-12-21(18)29)13-27-24(30)17-7-4-8-19(26)10-17/h3-10,18,20-21H,11-13H2,1-2H3,(H,27,30)/t18-,20-,21-/m0/s1. The molecule has 5 nitrogen and oxygen atoms in total. The number of fused-ring (bicyclic) bond motifs is 1. The largest absolute Gasteiger partial charge is 0.350 e. The van der Waals surface area contributed by atoms with Gasteiger partial charge in [-0.05, 0) is 56.4 Å². The van der Waals surface area contributed by atoms with E-state index in [1.165, 1.54) is 0 Å². The van der Waals surface area contributed by atoms with E-state index in [9.17, 15) is 9.59 Å². The maximum absolute atomic E-state index is 13.7. The predicted molar refractivity (Wildman–Crippen MR) is 130 cm³/mol. The van der Waals surface area contributed by atoms with Gasteiger partial charge in [-0.15, -0.1) is 11.3 Å². The minimum Gasteiger partial charge on any atom is -0.350 e. The molecular formula is C25H24BrN3O2S. The summed E-state index contributed by atoms with van der Waals surface area (Å²) in [4.78, 5) is 33.9. The van der Waals surface area contributed by atoms with Crippen molar-refractivity contribution in [3.63, 3.8) is 0 Å². The monoisotopic (exact) mass is 509 g/mol. The van der Waals surface area contributed by atoms with Crippen molar-refractivity contribution in [2.75, 3.05) is 6.54 Å². The van der Waals surface area contributed by atoms with E-state index in [4.69, 9.17) is 0 Å². The number of carbonyl (C=O) groups is 2. The van der Waals surface area contributed by atoms with Gasteiger partial charge in [0, 0.05) is 22.6 Å². The zero-order chi connectivity index (χ0) is 22.4. The van der Waals surface area contributed by atoms with E-state index in [-0.39, 0.29) is 23.9 Å². The van der Waals surface area contributed by atoms with Crippen molar-refractivity contribution in [3.8, 4) is 10.4 Å². The molecule has 2 aliphatic rings. The summed E-state index contributed by atoms with van der Waals surface area (Å²) < 4.78 is 0.867. The fourth-order valence-electron chi connectivity index (χ4n) is 4.68. The van der Waals surface area contributed by atoms with Gasteiger partial charge in [-0.2, -0.15) is 0 Å². The first kappa shape index (κ1) is 21.3. The summed E-state index contributed by atoms with van der Waals surface area (Å²) in [5.74, 6) is 0.399. The van der Waals surface area contributed by atoms with Gasteiger partial charge < -0.3 is 10.2 Å². The van der Waals surface area contributed by atoms with Crippen LogP contribution in [0.15, 0.2) is 53.0 Å². The van der Waals surface area contributed by atoms with Gasteiger partial charge in [-0.3, -0.25) is 9.59 Å². The third kappa shape index (κ3) is 4.11. The SMILES string of the molecule is Cc1cccc(-c2sc(C)nc2C(=O)N2[C@H](CNC(=O)c3cccc(Br)c3)C[C@H]3C[C@@H]32)c1. The molecule has 3 atom stereocenters. The molecule has 1 aliphatic heterocycles. The molecule has 32 heavy (non-hydrogen) atoms. The average Bonchev–Trinajstić information content (AvgIpc) is 3.26. The quantitative estimate of drug-likeness (QED) is 0.512. The molecule has 5 rings (SSSR count). The Labute approximate surface area is 200 Å². The number of amides is 2. The highest BCUT2D eigenvalue weighted by molar-refractivity contribution is 9.10. The van der Waals surface area contributed by atoms with Crippen molar-refractivity contribution in [3.05, 3.63) is 74.8 Å². The minimum absolute atomic E-state index is 0.00489. The minimum atomic E-state index is -0.121. The smallest absolute Gasteiger partial charge is 0.274 e. The molecule has 1 saturated heterocycles. The summed E-state index contributed by atoms with van der Waals surface area (Å²) in [5.41, 5.74) is 3.33. The number of benzene rings is 2. The second-order valence-corrected chi connectivity index (χ2v) is 10.8. The van der Waals surface area contributed by atoms with Gasteiger partial charge in [-0.25, -0.2) is 4.98 Å². The number of thiazole rings is 1. The number of aryl methyl sites for hydroxylation is 2. The van der Waals surface area contributed by atoms with E-state index in [1.54, 1.807) is 23.5 Å². The fraction of sp³-hybridized carbons (Fsp3) is 0.320. The maximum Gasteiger partial charge on any atom is 0.274 e. The van der Waals surface area contributed by atoms with E-state index in [0.717, 1.165) is 38.3 Å². The highest BCUT2D eigenvalue weighted by atomic mass is 79.9. The van der Waals surface area contributed by atoms with Crippen molar-refractivity contribution in [1.82, 2.24) is 15.2 Å². The Morgan fingerprint density at radius 1 is 1.16 bits per heavy atom. The zero-order valence-corrected chi connectivity index (χ0v) is 20.4. The van der Waals surface area contributed by atoms with E-state index >= 15 is 0 Å². The second-order valence-electron chi connectivity index (χ2n) is 8.67. The van der Waals surface area contributed by atoms with E-state index in [0.29, 0.717) is 23.7 Å². The van der Waals surface area contributed by atoms with Crippen LogP contribution < -0.4 is 5.32 Å². The molecule has 0 unspecified atom stereocenters. The summed E-state index contributed by atoms with van der Waals surface area (Å²) in [5, 5.41) is 3.92. The molecule has 1 aliphatic carbocycles. The number of carbonyl (C=O) groups excluding carboxylic acids is 2. The van der Waals surface area contributed by atoms with Gasteiger partial charge in [0.1, 0.15) is 5.69 Å². The van der Waals surface area contributed by atoms with Crippen LogP contribution in [0.4, 0.5) is 0 Å². The van der Waals surface area contributed by atoms with Crippen molar-refractivity contribution in [2.24, 2.45) is 5.92 Å². The first-order valence-corrected chi connectivity index (χ1v) is 12.4. The van der Waals surface area contributed by atoms with Crippen molar-refractivity contribution in [2.45, 2.75) is 38.8 Å². The molecule has 0 radical (unpaired) electrons. The fourth-order valence-corrected chi connectivity index (χ4v) is 5.98. The number of hydrogen-bond acceptors (Lipinski definition) is 4. The molecule has 0 spiro atoms. The number of halogens is 1. The number of likely N-dealkylation sites (tertiary alicyclic amines) is 1. The van der Waals surface area contributed by atoms with Crippen LogP contribution in [0.5, 0.6) is 0 Å². The van der Waals surface area contributed by atoms with Gasteiger partial charge >= 0.3 is 0 Å². The number of nitrogens with one attached hydrogen (secondary N) is 1. The molecule has 1 aromatic heterocycles. The summed E-state index contributed by atoms with van der Waals surface area (Å²) >= 11 is 4.97. The normalized spacial score (nSPS) is 21.3. The van der Waals surface area contributed by atoms with Gasteiger partial charge in [0.25, 0.3) is 11.8 Å². The van der Waals surface area contributed by atoms with Crippen molar-refractivity contribution < 1.29 is 9.59 Å². The van der Waals surface area contributed by atoms with Gasteiger partial charge in [-0.1, -0.05) is 51.8 Å². The predicted octanol–water partition coefficient (Wildman–Crippen LogP) is 5.22. The van der Waals surface area contributed by atoms with E-state index in [1.807, 2.05) is 36.1 Å². The molecule has 164 valence electrons. The summed E-state index contributed by atoms with van der Waals surface area (Å²) in [6, 6.07) is 15.8. The Bertz CT molecular complexity index is 1210. The topological polar surface area (TPSA) is 62.3 Å². The number of rotatable bonds is 5. The van der Waals surface area contributed by atoms with Crippen LogP contribution in [-0.4, -0.2) is 40.3 Å². The molecule has 2 aromatic carbocycles. The van der Waals surface area contributed by atoms with E-state index in [2.05, 4.69) is 45.3 Å². The van der Waals surface area contributed by atoms with Crippen molar-refractivity contribution in [1.29, 1.82) is 0 Å². The molecule has 2 amide bonds. The van der Waals surface area contributed by atoms with Crippen LogP contribution in [0.1, 0.15) is 44.3 Å². The Morgan fingerprint density at radius 2 is 1.97 bits per heavy atom. The number of piperidine rings is 1. The van der Waals surface area contributed by atoms with Crippen LogP contribution in [-0.2, 0) is 0 Å². The summed E-state index contributed by atoms with van der Waals surface area (Å²) in [6.45, 7) is 4.45. The number of nitrogens with zero attached hydrogens (tertiary/aromatic N) is 2. The first-order chi connectivity index (χ1) is 15.4. The molecule has 3 aromatic rings. The third-order valence-corrected chi connectivity index (χ3v) is 7.76. The highest BCUT2D eigenvalue weighted by Crippen LogP contribution is 2.48. The van der Waals surface area contributed by atoms with Crippen LogP contribution >= 0.6 is 27.3 Å². The van der Waals surface area contributed by atoms with Crippen molar-refractivity contribution >= 4 is 39.1 Å². The highest BCUT2D eigenvalue weighted by Gasteiger charge is 2.54. The third-order valence-electron chi connectivity index (χ3n) is 6.25. The molecule has 2 heterocycles. The Morgan fingerprint density at radius 3 is 2.75 bits per heavy atom. The molecule has 1 N–H and O–H groups in total. The van der Waals surface area contributed by atoms with Gasteiger partial charge in [0.2, 0.25) is 0 Å². The van der Waals surface area contributed by atoms with Crippen LogP contribution in [0.3, 0.4) is 0 Å². The summed E-state index contributed by atoms with van der Waals surface area (Å²) in [6.07, 6.45) is 1.97. The molecule has 7 heteroatoms. The molecule has 2 fully saturated rings. The average molecular weight is 510 g/mol. The lowest BCUT2D eigenvalue weighted by molar-refractivity contribution is 0.0684. The lowest BCUT2D eigenvalue weighted by Gasteiger charge is -2.27. The Balaban J connectivity index is 1.36. The van der Waals surface area contributed by atoms with Gasteiger partial charge in [0.05, 0.1) is 15.9 Å². The lowest BCUT2D eigenvalue weighted by atomic mass is 10.1. The summed E-state index contributed by atoms with van der Waals surface area (Å²) in [7, 11) is 0. The molecule has 1 saturated carbocycles. The molecule has 0 bridgehead atoms. The Kier molecular flexibility index (Phi) is 5.63. The van der Waals surface area contributed by atoms with Crippen LogP contribution in [0.2, 0.25) is 0 Å². The van der Waals surface area contributed by atoms with Gasteiger partial charge in [0.15, 0.2) is 0 Å². The lowest BCUT2D eigenvalue weighted by Crippen LogP contribution is -2.45.